The number of hydrogen-bond donors (Lipinski definition) is 1. The van der Waals surface area contributed by atoms with E-state index >= 15 is 0 Å². The molecule has 0 spiro atoms. The normalized spacial score (nSPS) is 25.8. The van der Waals surface area contributed by atoms with Crippen molar-refractivity contribution in [2.75, 3.05) is 43.5 Å². The molecule has 1 aromatic heterocycles. The van der Waals surface area contributed by atoms with Crippen LogP contribution in [0.15, 0.2) is 0 Å². The molecular weight excluding hydrogens is 268 g/mol. The molecule has 1 N–H and O–H groups in total. The zero-order valence-corrected chi connectivity index (χ0v) is 13.0. The third-order valence-electron chi connectivity index (χ3n) is 4.31. The van der Waals surface area contributed by atoms with Crippen LogP contribution in [0.25, 0.3) is 0 Å². The molecule has 0 bridgehead atoms. The quantitative estimate of drug-likeness (QED) is 0.887. The van der Waals surface area contributed by atoms with Crippen LogP contribution < -0.4 is 15.0 Å². The minimum atomic E-state index is 0.372. The average molecular weight is 292 g/mol. The maximum absolute atomic E-state index is 5.22. The number of methoxy groups -OCH3 is 1. The molecule has 21 heavy (non-hydrogen) atoms. The van der Waals surface area contributed by atoms with Crippen molar-refractivity contribution >= 4 is 11.9 Å². The Balaban J connectivity index is 1.85. The molecule has 116 valence electrons. The lowest BCUT2D eigenvalue weighted by Gasteiger charge is -2.42. The second kappa shape index (κ2) is 6.01. The summed E-state index contributed by atoms with van der Waals surface area (Å²) in [5, 5.41) is 3.14. The first-order valence-electron chi connectivity index (χ1n) is 7.76. The Morgan fingerprint density at radius 2 is 2.14 bits per heavy atom. The van der Waals surface area contributed by atoms with E-state index < -0.39 is 0 Å². The van der Waals surface area contributed by atoms with Crippen LogP contribution >= 0.6 is 0 Å². The lowest BCUT2D eigenvalue weighted by Crippen LogP contribution is -2.55. The monoisotopic (exact) mass is 292 g/mol. The van der Waals surface area contributed by atoms with Crippen LogP contribution in [0.5, 0.6) is 6.01 Å². The van der Waals surface area contributed by atoms with E-state index in [1.165, 1.54) is 19.4 Å². The molecule has 0 saturated carbocycles. The van der Waals surface area contributed by atoms with Crippen LogP contribution in [0.3, 0.4) is 0 Å². The minimum Gasteiger partial charge on any atom is -0.467 e. The average Bonchev–Trinajstić information content (AvgIpc) is 2.93. The van der Waals surface area contributed by atoms with E-state index in [2.05, 4.69) is 37.0 Å². The van der Waals surface area contributed by atoms with Gasteiger partial charge in [0.05, 0.1) is 7.11 Å². The maximum atomic E-state index is 5.22. The van der Waals surface area contributed by atoms with Gasteiger partial charge in [-0.15, -0.1) is 0 Å². The van der Waals surface area contributed by atoms with Gasteiger partial charge in [0.15, 0.2) is 0 Å². The van der Waals surface area contributed by atoms with Gasteiger partial charge in [0, 0.05) is 31.7 Å². The van der Waals surface area contributed by atoms with Gasteiger partial charge < -0.3 is 15.0 Å². The molecule has 1 aromatic rings. The highest BCUT2D eigenvalue weighted by Crippen LogP contribution is 2.27. The Kier molecular flexibility index (Phi) is 4.10. The Bertz CT molecular complexity index is 496. The van der Waals surface area contributed by atoms with Gasteiger partial charge in [-0.05, 0) is 33.2 Å². The molecule has 0 aliphatic carbocycles. The molecular formula is C14H24N6O. The second-order valence-corrected chi connectivity index (χ2v) is 5.77. The van der Waals surface area contributed by atoms with Crippen molar-refractivity contribution in [1.82, 2.24) is 19.9 Å². The molecule has 0 radical (unpaired) electrons. The number of aromatic nitrogens is 3. The number of rotatable bonds is 4. The van der Waals surface area contributed by atoms with Crippen LogP contribution in [0.2, 0.25) is 0 Å². The molecule has 2 fully saturated rings. The molecule has 2 aliphatic rings. The topological polar surface area (TPSA) is 66.4 Å². The molecule has 7 nitrogen and oxygen atoms in total. The van der Waals surface area contributed by atoms with E-state index in [9.17, 15) is 0 Å². The summed E-state index contributed by atoms with van der Waals surface area (Å²) >= 11 is 0. The Morgan fingerprint density at radius 3 is 2.90 bits per heavy atom. The lowest BCUT2D eigenvalue weighted by atomic mass is 10.1. The fraction of sp³-hybridized carbons (Fsp3) is 0.786. The van der Waals surface area contributed by atoms with Gasteiger partial charge in [0.25, 0.3) is 0 Å². The third kappa shape index (κ3) is 2.88. The number of nitrogens with zero attached hydrogens (tertiary/aromatic N) is 5. The fourth-order valence-corrected chi connectivity index (χ4v) is 3.27. The second-order valence-electron chi connectivity index (χ2n) is 5.77. The van der Waals surface area contributed by atoms with Crippen LogP contribution in [0.4, 0.5) is 11.9 Å². The van der Waals surface area contributed by atoms with E-state index in [0.717, 1.165) is 25.6 Å². The van der Waals surface area contributed by atoms with Gasteiger partial charge in [0.1, 0.15) is 0 Å². The van der Waals surface area contributed by atoms with Crippen LogP contribution in [-0.2, 0) is 0 Å². The smallest absolute Gasteiger partial charge is 0.322 e. The maximum Gasteiger partial charge on any atom is 0.322 e. The van der Waals surface area contributed by atoms with Crippen molar-refractivity contribution in [3.63, 3.8) is 0 Å². The van der Waals surface area contributed by atoms with E-state index in [1.807, 2.05) is 6.92 Å². The van der Waals surface area contributed by atoms with Gasteiger partial charge in [-0.25, -0.2) is 0 Å². The summed E-state index contributed by atoms with van der Waals surface area (Å²) in [6, 6.07) is 1.41. The lowest BCUT2D eigenvalue weighted by molar-refractivity contribution is 0.201. The summed E-state index contributed by atoms with van der Waals surface area (Å²) < 4.78 is 5.22. The number of anilines is 2. The Labute approximate surface area is 125 Å². The minimum absolute atomic E-state index is 0.372. The molecule has 3 rings (SSSR count). The number of piperazine rings is 1. The van der Waals surface area contributed by atoms with Crippen LogP contribution in [-0.4, -0.2) is 65.2 Å². The number of fused-ring (bicyclic) bond motifs is 1. The van der Waals surface area contributed by atoms with E-state index in [-0.39, 0.29) is 0 Å². The highest BCUT2D eigenvalue weighted by atomic mass is 16.5. The van der Waals surface area contributed by atoms with E-state index in [4.69, 9.17) is 4.74 Å². The first kappa shape index (κ1) is 14.3. The third-order valence-corrected chi connectivity index (χ3v) is 4.31. The summed E-state index contributed by atoms with van der Waals surface area (Å²) in [7, 11) is 1.59. The number of ether oxygens (including phenoxy) is 1. The predicted octanol–water partition coefficient (Wildman–Crippen LogP) is 0.985. The van der Waals surface area contributed by atoms with Crippen molar-refractivity contribution in [2.45, 2.75) is 38.8 Å². The first-order chi connectivity index (χ1) is 10.2. The van der Waals surface area contributed by atoms with Crippen molar-refractivity contribution in [3.8, 4) is 6.01 Å². The molecule has 7 heteroatoms. The van der Waals surface area contributed by atoms with Crippen LogP contribution in [0.1, 0.15) is 26.7 Å². The van der Waals surface area contributed by atoms with Gasteiger partial charge in [-0.3, -0.25) is 4.90 Å². The van der Waals surface area contributed by atoms with Crippen molar-refractivity contribution in [2.24, 2.45) is 0 Å². The summed E-state index contributed by atoms with van der Waals surface area (Å²) in [5.41, 5.74) is 0. The molecule has 3 heterocycles. The molecule has 2 aliphatic heterocycles. The molecule has 2 atom stereocenters. The highest BCUT2D eigenvalue weighted by molar-refractivity contribution is 5.40. The highest BCUT2D eigenvalue weighted by Gasteiger charge is 2.35. The summed E-state index contributed by atoms with van der Waals surface area (Å²) in [5.74, 6) is 1.30. The molecule has 2 unspecified atom stereocenters. The predicted molar refractivity (Wildman–Crippen MR) is 81.9 cm³/mol. The number of nitrogens with one attached hydrogen (secondary N) is 1. The number of hydrogen-bond acceptors (Lipinski definition) is 7. The summed E-state index contributed by atoms with van der Waals surface area (Å²) in [6.45, 7) is 8.33. The standard InChI is InChI=1S/C14H24N6O/c1-4-15-12-16-13(18-14(17-12)21-3)20-9-11-6-5-7-19(11)8-10(20)2/h10-11H,4-9H2,1-3H3,(H,15,16,17,18). The van der Waals surface area contributed by atoms with E-state index in [0.29, 0.717) is 24.0 Å². The zero-order chi connectivity index (χ0) is 14.8. The summed E-state index contributed by atoms with van der Waals surface area (Å²) in [4.78, 5) is 18.1. The van der Waals surface area contributed by atoms with E-state index in [1.54, 1.807) is 7.11 Å². The van der Waals surface area contributed by atoms with Crippen molar-refractivity contribution in [1.29, 1.82) is 0 Å². The van der Waals surface area contributed by atoms with Gasteiger partial charge in [0.2, 0.25) is 11.9 Å². The van der Waals surface area contributed by atoms with Crippen LogP contribution in [0, 0.1) is 0 Å². The molecule has 0 amide bonds. The Morgan fingerprint density at radius 1 is 1.29 bits per heavy atom. The van der Waals surface area contributed by atoms with Crippen molar-refractivity contribution < 1.29 is 4.74 Å². The van der Waals surface area contributed by atoms with Gasteiger partial charge in [-0.2, -0.15) is 15.0 Å². The Hall–Kier alpha value is -1.63. The van der Waals surface area contributed by atoms with Crippen molar-refractivity contribution in [3.05, 3.63) is 0 Å². The summed E-state index contributed by atoms with van der Waals surface area (Å²) in [6.07, 6.45) is 2.57. The molecule has 2 saturated heterocycles. The first-order valence-corrected chi connectivity index (χ1v) is 7.76. The van der Waals surface area contributed by atoms with Gasteiger partial charge in [-0.1, -0.05) is 0 Å². The SMILES string of the molecule is CCNc1nc(OC)nc(N2CC3CCCN3CC2C)n1. The largest absolute Gasteiger partial charge is 0.467 e. The zero-order valence-electron chi connectivity index (χ0n) is 13.0. The fourth-order valence-electron chi connectivity index (χ4n) is 3.27. The van der Waals surface area contributed by atoms with Gasteiger partial charge >= 0.3 is 6.01 Å². The molecule has 0 aromatic carbocycles.